The third kappa shape index (κ3) is 7.28. The van der Waals surface area contributed by atoms with Crippen LogP contribution in [0.2, 0.25) is 0 Å². The van der Waals surface area contributed by atoms with E-state index in [9.17, 15) is 13.8 Å². The number of ether oxygens (including phenoxy) is 2. The van der Waals surface area contributed by atoms with Crippen LogP contribution in [0.3, 0.4) is 0 Å². The van der Waals surface area contributed by atoms with E-state index in [2.05, 4.69) is 20.0 Å². The quantitative estimate of drug-likeness (QED) is 0.276. The zero-order valence-electron chi connectivity index (χ0n) is 20.1. The van der Waals surface area contributed by atoms with Gasteiger partial charge in [-0.25, -0.2) is 24.4 Å². The first-order valence-electron chi connectivity index (χ1n) is 11.1. The molecule has 0 aliphatic rings. The second-order valence-electron chi connectivity index (χ2n) is 8.31. The van der Waals surface area contributed by atoms with Crippen molar-refractivity contribution in [2.45, 2.75) is 59.1 Å². The van der Waals surface area contributed by atoms with Gasteiger partial charge in [-0.2, -0.15) is 0 Å². The molecule has 1 aromatic carbocycles. The van der Waals surface area contributed by atoms with Crippen LogP contribution in [0.1, 0.15) is 33.3 Å². The van der Waals surface area contributed by atoms with E-state index < -0.39 is 31.5 Å². The highest BCUT2D eigenvalue weighted by Gasteiger charge is 2.31. The van der Waals surface area contributed by atoms with Crippen molar-refractivity contribution in [2.75, 3.05) is 12.1 Å². The largest absolute Gasteiger partial charge is 0.462 e. The first kappa shape index (κ1) is 26.7. The number of nitrogen functional groups attached to an aromatic ring is 1. The number of carbonyl (C=O) groups excluding carboxylic acids is 1. The van der Waals surface area contributed by atoms with Gasteiger partial charge in [-0.1, -0.05) is 18.2 Å². The maximum atomic E-state index is 14.1. The third-order valence-electron chi connectivity index (χ3n) is 4.89. The molecule has 1 unspecified atom stereocenters. The molecule has 2 aromatic heterocycles. The summed E-state index contributed by atoms with van der Waals surface area (Å²) in [4.78, 5) is 24.6. The molecule has 2 heterocycles. The number of fused-ring (bicyclic) bond motifs is 1. The van der Waals surface area contributed by atoms with E-state index >= 15 is 0 Å². The number of benzene rings is 1. The molecule has 0 aliphatic carbocycles. The van der Waals surface area contributed by atoms with Crippen molar-refractivity contribution in [1.29, 1.82) is 0 Å². The molecule has 0 saturated carbocycles. The Labute approximate surface area is 202 Å². The van der Waals surface area contributed by atoms with Crippen molar-refractivity contribution in [3.8, 4) is 0 Å². The maximum absolute atomic E-state index is 14.1. The molecular weight excluding hydrogens is 478 g/mol. The summed E-state index contributed by atoms with van der Waals surface area (Å²) in [6, 6.07) is 5.05. The van der Waals surface area contributed by atoms with Gasteiger partial charge in [0.15, 0.2) is 11.5 Å². The normalized spacial score (nSPS) is 15.1. The summed E-state index contributed by atoms with van der Waals surface area (Å²) in [6.07, 6.45) is 1.74. The van der Waals surface area contributed by atoms with Gasteiger partial charge in [0.1, 0.15) is 30.1 Å². The minimum absolute atomic E-state index is 0.224. The Bertz CT molecular complexity index is 1210. The van der Waals surface area contributed by atoms with E-state index in [0.717, 1.165) is 0 Å². The standard InChI is InChI=1S/C22H30FN6O5P/c1-14(2)34-22(30)16(4)28-35(31,33-10-17-7-5-6-8-18(17)23)13-32-15(3)9-29-12-27-19-20(24)25-11-26-21(19)29/h5-8,11-12,14-16H,9-10,13H2,1-4H3,(H,28,31)(H2,24,25,26)/t15-,16+,35?/m1/s1. The second-order valence-corrected chi connectivity index (χ2v) is 10.4. The van der Waals surface area contributed by atoms with E-state index in [1.54, 1.807) is 43.8 Å². The predicted octanol–water partition coefficient (Wildman–Crippen LogP) is 3.25. The van der Waals surface area contributed by atoms with Gasteiger partial charge in [0.2, 0.25) is 0 Å². The van der Waals surface area contributed by atoms with Crippen molar-refractivity contribution < 1.29 is 27.7 Å². The van der Waals surface area contributed by atoms with Crippen molar-refractivity contribution in [1.82, 2.24) is 24.6 Å². The molecule has 0 fully saturated rings. The van der Waals surface area contributed by atoms with Crippen LogP contribution >= 0.6 is 7.52 Å². The molecule has 0 radical (unpaired) electrons. The Morgan fingerprint density at radius 2 is 1.94 bits per heavy atom. The average molecular weight is 508 g/mol. The smallest absolute Gasteiger partial charge is 0.323 e. The summed E-state index contributed by atoms with van der Waals surface area (Å²) in [5, 5.41) is 2.69. The summed E-state index contributed by atoms with van der Waals surface area (Å²) in [5.74, 6) is -0.821. The highest BCUT2D eigenvalue weighted by atomic mass is 31.2. The fourth-order valence-electron chi connectivity index (χ4n) is 3.17. The molecule has 0 amide bonds. The number of imidazole rings is 1. The highest BCUT2D eigenvalue weighted by Crippen LogP contribution is 2.44. The van der Waals surface area contributed by atoms with E-state index in [0.29, 0.717) is 17.7 Å². The number of halogens is 1. The highest BCUT2D eigenvalue weighted by molar-refractivity contribution is 7.56. The SMILES string of the molecule is CC(C)OC(=O)[C@H](C)NP(=O)(CO[C@H](C)Cn1cnc2c(N)ncnc21)OCc1ccccc1F. The van der Waals surface area contributed by atoms with Crippen LogP contribution in [0.5, 0.6) is 0 Å². The van der Waals surface area contributed by atoms with Crippen molar-refractivity contribution >= 4 is 30.5 Å². The molecule has 0 aliphatic heterocycles. The Kier molecular flexibility index (Phi) is 8.90. The fourth-order valence-corrected chi connectivity index (χ4v) is 4.89. The van der Waals surface area contributed by atoms with Crippen molar-refractivity contribution in [3.05, 3.63) is 48.3 Å². The van der Waals surface area contributed by atoms with Gasteiger partial charge in [-0.05, 0) is 33.8 Å². The molecule has 190 valence electrons. The van der Waals surface area contributed by atoms with Crippen LogP contribution in [0, 0.1) is 5.82 Å². The molecule has 0 spiro atoms. The lowest BCUT2D eigenvalue weighted by atomic mass is 10.2. The van der Waals surface area contributed by atoms with Crippen LogP contribution in [-0.2, 0) is 36.5 Å². The summed E-state index contributed by atoms with van der Waals surface area (Å²) in [6.45, 7) is 6.75. The number of carbonyl (C=O) groups is 1. The van der Waals surface area contributed by atoms with Crippen LogP contribution in [0.25, 0.3) is 11.2 Å². The molecule has 3 atom stereocenters. The van der Waals surface area contributed by atoms with Crippen LogP contribution < -0.4 is 10.8 Å². The third-order valence-corrected chi connectivity index (χ3v) is 6.71. The van der Waals surface area contributed by atoms with Gasteiger partial charge in [0, 0.05) is 5.56 Å². The van der Waals surface area contributed by atoms with E-state index in [-0.39, 0.29) is 30.4 Å². The molecule has 13 heteroatoms. The van der Waals surface area contributed by atoms with Crippen LogP contribution in [0.4, 0.5) is 10.2 Å². The number of aromatic nitrogens is 4. The monoisotopic (exact) mass is 508 g/mol. The topological polar surface area (TPSA) is 143 Å². The molecule has 3 rings (SSSR count). The lowest BCUT2D eigenvalue weighted by molar-refractivity contribution is -0.149. The molecule has 0 bridgehead atoms. The van der Waals surface area contributed by atoms with Crippen LogP contribution in [0.15, 0.2) is 36.9 Å². The number of nitrogens with two attached hydrogens (primary N) is 1. The molecule has 0 saturated heterocycles. The van der Waals surface area contributed by atoms with Gasteiger partial charge >= 0.3 is 5.97 Å². The number of hydrogen-bond acceptors (Lipinski definition) is 9. The number of nitrogens with zero attached hydrogens (tertiary/aromatic N) is 4. The van der Waals surface area contributed by atoms with Crippen molar-refractivity contribution in [2.24, 2.45) is 0 Å². The lowest BCUT2D eigenvalue weighted by Crippen LogP contribution is -2.36. The van der Waals surface area contributed by atoms with Gasteiger partial charge in [0.25, 0.3) is 7.52 Å². The van der Waals surface area contributed by atoms with Gasteiger partial charge < -0.3 is 24.3 Å². The molecular formula is C22H30FN6O5P. The second kappa shape index (κ2) is 11.7. The number of hydrogen-bond donors (Lipinski definition) is 2. The predicted molar refractivity (Wildman–Crippen MR) is 128 cm³/mol. The first-order valence-corrected chi connectivity index (χ1v) is 12.9. The van der Waals surface area contributed by atoms with E-state index in [1.807, 2.05) is 0 Å². The lowest BCUT2D eigenvalue weighted by Gasteiger charge is -2.25. The van der Waals surface area contributed by atoms with E-state index in [4.69, 9.17) is 19.7 Å². The molecule has 3 aromatic rings. The Morgan fingerprint density at radius 3 is 2.66 bits per heavy atom. The van der Waals surface area contributed by atoms with Crippen LogP contribution in [-0.4, -0.2) is 50.1 Å². The minimum atomic E-state index is -3.77. The number of nitrogens with one attached hydrogen (secondary N) is 1. The number of anilines is 1. The first-order chi connectivity index (χ1) is 16.6. The number of rotatable bonds is 12. The van der Waals surface area contributed by atoms with Gasteiger partial charge in [-0.3, -0.25) is 9.36 Å². The summed E-state index contributed by atoms with van der Waals surface area (Å²) >= 11 is 0. The minimum Gasteiger partial charge on any atom is -0.462 e. The molecule has 35 heavy (non-hydrogen) atoms. The summed E-state index contributed by atoms with van der Waals surface area (Å²) in [5.41, 5.74) is 7.06. The zero-order valence-corrected chi connectivity index (χ0v) is 20.9. The van der Waals surface area contributed by atoms with Crippen molar-refractivity contribution in [3.63, 3.8) is 0 Å². The Morgan fingerprint density at radius 1 is 1.20 bits per heavy atom. The molecule has 11 nitrogen and oxygen atoms in total. The Balaban J connectivity index is 1.69. The summed E-state index contributed by atoms with van der Waals surface area (Å²) in [7, 11) is -3.77. The van der Waals surface area contributed by atoms with Gasteiger partial charge in [-0.15, -0.1) is 0 Å². The summed E-state index contributed by atoms with van der Waals surface area (Å²) < 4.78 is 46.0. The maximum Gasteiger partial charge on any atom is 0.323 e. The fraction of sp³-hybridized carbons (Fsp3) is 0.455. The number of esters is 1. The average Bonchev–Trinajstić information content (AvgIpc) is 3.21. The zero-order chi connectivity index (χ0) is 25.6. The Hall–Kier alpha value is -2.92. The van der Waals surface area contributed by atoms with E-state index in [1.165, 1.54) is 25.4 Å². The molecule has 3 N–H and O–H groups in total. The van der Waals surface area contributed by atoms with Gasteiger partial charge in [0.05, 0.1) is 31.7 Å².